The molecule has 0 N–H and O–H groups in total. The lowest BCUT2D eigenvalue weighted by Gasteiger charge is -2.21. The maximum atomic E-state index is 3.33. The third-order valence-electron chi connectivity index (χ3n) is 5.93. The molecule has 4 aromatic rings. The molecule has 4 aromatic carbocycles. The highest BCUT2D eigenvalue weighted by Gasteiger charge is 2.35. The molecule has 0 saturated carbocycles. The Kier molecular flexibility index (Phi) is 4.71. The first-order valence-corrected chi connectivity index (χ1v) is 10.5. The molecule has 0 spiro atoms. The van der Waals surface area contributed by atoms with Gasteiger partial charge in [0.15, 0.2) is 0 Å². The number of hydrogen-bond acceptors (Lipinski definition) is 0. The van der Waals surface area contributed by atoms with Gasteiger partial charge in [-0.25, -0.2) is 0 Å². The summed E-state index contributed by atoms with van der Waals surface area (Å²) in [6.07, 6.45) is 0. The summed E-state index contributed by atoms with van der Waals surface area (Å²) >= 11 is 0. The van der Waals surface area contributed by atoms with Crippen molar-refractivity contribution in [1.82, 2.24) is 0 Å². The lowest BCUT2D eigenvalue weighted by molar-refractivity contribution is 0.660. The molecule has 1 aliphatic rings. The molecule has 0 unspecified atom stereocenters. The van der Waals surface area contributed by atoms with E-state index in [9.17, 15) is 0 Å². The van der Waals surface area contributed by atoms with Crippen molar-refractivity contribution in [3.63, 3.8) is 0 Å². The van der Waals surface area contributed by atoms with E-state index in [4.69, 9.17) is 0 Å². The fraction of sp³-hybridized carbons (Fsp3) is 0.0968. The van der Waals surface area contributed by atoms with Gasteiger partial charge in [-0.15, -0.1) is 0 Å². The molecule has 0 aliphatic heterocycles. The van der Waals surface area contributed by atoms with Crippen molar-refractivity contribution in [1.29, 1.82) is 0 Å². The van der Waals surface area contributed by atoms with E-state index in [1.165, 1.54) is 22.3 Å². The summed E-state index contributed by atoms with van der Waals surface area (Å²) in [6.45, 7) is 4.58. The Bertz CT molecular complexity index is 1270. The number of fused-ring (bicyclic) bond motifs is 3. The van der Waals surface area contributed by atoms with E-state index < -0.39 is 0 Å². The Hall–Kier alpha value is -4.00. The van der Waals surface area contributed by atoms with Gasteiger partial charge >= 0.3 is 0 Å². The summed E-state index contributed by atoms with van der Waals surface area (Å²) in [5.41, 5.74) is 9.34. The zero-order valence-corrected chi connectivity index (χ0v) is 17.7. The highest BCUT2D eigenvalue weighted by molar-refractivity contribution is 5.82. The van der Waals surface area contributed by atoms with Crippen LogP contribution in [0.5, 0.6) is 0 Å². The normalized spacial score (nSPS) is 12.6. The van der Waals surface area contributed by atoms with Crippen LogP contribution in [0.4, 0.5) is 0 Å². The minimum absolute atomic E-state index is 0.0838. The molecule has 0 fully saturated rings. The van der Waals surface area contributed by atoms with Crippen LogP contribution >= 0.6 is 0 Å². The fourth-order valence-electron chi connectivity index (χ4n) is 4.22. The van der Waals surface area contributed by atoms with Gasteiger partial charge in [0.05, 0.1) is 0 Å². The monoisotopic (exact) mass is 394 g/mol. The van der Waals surface area contributed by atoms with Gasteiger partial charge in [-0.3, -0.25) is 0 Å². The molecule has 1 aliphatic carbocycles. The average Bonchev–Trinajstić information content (AvgIpc) is 3.04. The van der Waals surface area contributed by atoms with Gasteiger partial charge in [-0.2, -0.15) is 0 Å². The van der Waals surface area contributed by atoms with Crippen LogP contribution in [-0.4, -0.2) is 0 Å². The second-order valence-electron chi connectivity index (χ2n) is 8.38. The predicted molar refractivity (Wildman–Crippen MR) is 129 cm³/mol. The topological polar surface area (TPSA) is 0 Å². The number of benzene rings is 4. The average molecular weight is 395 g/mol. The highest BCUT2D eigenvalue weighted by Crippen LogP contribution is 2.49. The molecule has 146 valence electrons. The minimum Gasteiger partial charge on any atom is -0.0622 e. The molecular weight excluding hydrogens is 372 g/mol. The molecule has 0 amide bonds. The molecule has 0 saturated heterocycles. The van der Waals surface area contributed by atoms with Gasteiger partial charge in [-0.05, 0) is 70.8 Å². The van der Waals surface area contributed by atoms with Crippen molar-refractivity contribution in [2.24, 2.45) is 0 Å². The van der Waals surface area contributed by atoms with Crippen molar-refractivity contribution < 1.29 is 0 Å². The largest absolute Gasteiger partial charge is 0.0622 e. The molecule has 0 atom stereocenters. The van der Waals surface area contributed by atoms with Crippen molar-refractivity contribution >= 4 is 0 Å². The summed E-state index contributed by atoms with van der Waals surface area (Å²) in [6, 6.07) is 33.4. The maximum absolute atomic E-state index is 3.33. The van der Waals surface area contributed by atoms with Gasteiger partial charge in [0.1, 0.15) is 0 Å². The standard InChI is InChI=1S/C31H22/c1-31(2)29-21-25(15-13-23-9-5-3-6-10-23)17-19-27(29)28-20-18-26(22-30(28)31)16-14-24-11-7-4-8-12-24/h3-12,17-22H,1-2H3. The Morgan fingerprint density at radius 3 is 1.26 bits per heavy atom. The molecule has 0 aromatic heterocycles. The maximum Gasteiger partial charge on any atom is 0.0252 e. The molecule has 5 rings (SSSR count). The summed E-state index contributed by atoms with van der Waals surface area (Å²) < 4.78 is 0. The van der Waals surface area contributed by atoms with Gasteiger partial charge in [0, 0.05) is 27.7 Å². The highest BCUT2D eigenvalue weighted by atomic mass is 14.4. The Labute approximate surface area is 184 Å². The van der Waals surface area contributed by atoms with E-state index in [-0.39, 0.29) is 5.41 Å². The third kappa shape index (κ3) is 3.66. The van der Waals surface area contributed by atoms with Crippen LogP contribution < -0.4 is 0 Å². The predicted octanol–water partition coefficient (Wildman–Crippen LogP) is 6.79. The summed E-state index contributed by atoms with van der Waals surface area (Å²) in [5, 5.41) is 0. The zero-order valence-electron chi connectivity index (χ0n) is 17.7. The first kappa shape index (κ1) is 19.0. The van der Waals surface area contributed by atoms with E-state index in [0.717, 1.165) is 22.3 Å². The van der Waals surface area contributed by atoms with Crippen LogP contribution in [0.2, 0.25) is 0 Å². The summed E-state index contributed by atoms with van der Waals surface area (Å²) in [7, 11) is 0. The van der Waals surface area contributed by atoms with Gasteiger partial charge < -0.3 is 0 Å². The second-order valence-corrected chi connectivity index (χ2v) is 8.38. The van der Waals surface area contributed by atoms with Crippen LogP contribution in [0.15, 0.2) is 97.1 Å². The Balaban J connectivity index is 1.50. The van der Waals surface area contributed by atoms with Crippen molar-refractivity contribution in [3.05, 3.63) is 130 Å². The molecule has 0 radical (unpaired) electrons. The molecule has 0 heterocycles. The summed E-state index contributed by atoms with van der Waals surface area (Å²) in [5.74, 6) is 13.2. The van der Waals surface area contributed by atoms with Gasteiger partial charge in [-0.1, -0.05) is 86.1 Å². The molecule has 0 nitrogen and oxygen atoms in total. The number of rotatable bonds is 0. The van der Waals surface area contributed by atoms with Crippen molar-refractivity contribution in [2.75, 3.05) is 0 Å². The van der Waals surface area contributed by atoms with E-state index in [2.05, 4.69) is 73.9 Å². The first-order chi connectivity index (χ1) is 15.1. The quantitative estimate of drug-likeness (QED) is 0.288. The molecule has 31 heavy (non-hydrogen) atoms. The fourth-order valence-corrected chi connectivity index (χ4v) is 4.22. The van der Waals surface area contributed by atoms with Crippen LogP contribution in [0.3, 0.4) is 0 Å². The van der Waals surface area contributed by atoms with Gasteiger partial charge in [0.2, 0.25) is 0 Å². The van der Waals surface area contributed by atoms with Gasteiger partial charge in [0.25, 0.3) is 0 Å². The smallest absolute Gasteiger partial charge is 0.0252 e. The van der Waals surface area contributed by atoms with Crippen molar-refractivity contribution in [2.45, 2.75) is 19.3 Å². The van der Waals surface area contributed by atoms with E-state index in [1.807, 2.05) is 60.7 Å². The first-order valence-electron chi connectivity index (χ1n) is 10.5. The second kappa shape index (κ2) is 7.68. The minimum atomic E-state index is -0.0838. The van der Waals surface area contributed by atoms with Crippen LogP contribution in [-0.2, 0) is 5.41 Å². The number of hydrogen-bond donors (Lipinski definition) is 0. The van der Waals surface area contributed by atoms with Crippen LogP contribution in [0.25, 0.3) is 11.1 Å². The third-order valence-corrected chi connectivity index (χ3v) is 5.93. The summed E-state index contributed by atoms with van der Waals surface area (Å²) in [4.78, 5) is 0. The lowest BCUT2D eigenvalue weighted by Crippen LogP contribution is -2.15. The Morgan fingerprint density at radius 2 is 0.839 bits per heavy atom. The SMILES string of the molecule is CC1(C)c2cc(C#Cc3ccccc3)ccc2-c2ccc(C#Cc3ccccc3)cc21. The molecule has 0 heteroatoms. The van der Waals surface area contributed by atoms with E-state index in [1.54, 1.807) is 0 Å². The van der Waals surface area contributed by atoms with E-state index in [0.29, 0.717) is 0 Å². The lowest BCUT2D eigenvalue weighted by atomic mass is 9.81. The zero-order chi connectivity index (χ0) is 21.3. The van der Waals surface area contributed by atoms with Crippen LogP contribution in [0.1, 0.15) is 47.2 Å². The molecule has 0 bridgehead atoms. The van der Waals surface area contributed by atoms with E-state index >= 15 is 0 Å². The van der Waals surface area contributed by atoms with Crippen molar-refractivity contribution in [3.8, 4) is 34.8 Å². The Morgan fingerprint density at radius 1 is 0.452 bits per heavy atom. The van der Waals surface area contributed by atoms with Crippen LogP contribution in [0, 0.1) is 23.7 Å². The molecular formula is C31H22.